The van der Waals surface area contributed by atoms with Gasteiger partial charge in [-0.05, 0) is 30.2 Å². The summed E-state index contributed by atoms with van der Waals surface area (Å²) in [6.45, 7) is 0. The molecule has 0 fully saturated rings. The van der Waals surface area contributed by atoms with Gasteiger partial charge in [-0.1, -0.05) is 48.0 Å². The molecule has 4 aromatic rings. The van der Waals surface area contributed by atoms with Crippen molar-refractivity contribution in [2.45, 2.75) is 12.8 Å². The molecule has 4 rings (SSSR count). The predicted molar refractivity (Wildman–Crippen MR) is 107 cm³/mol. The first-order valence-corrected chi connectivity index (χ1v) is 9.05. The van der Waals surface area contributed by atoms with E-state index in [1.54, 1.807) is 18.2 Å². The molecule has 2 aromatic carbocycles. The second kappa shape index (κ2) is 7.66. The van der Waals surface area contributed by atoms with Crippen molar-refractivity contribution < 1.29 is 4.79 Å². The van der Waals surface area contributed by atoms with E-state index in [4.69, 9.17) is 11.6 Å². The summed E-state index contributed by atoms with van der Waals surface area (Å²) in [5.41, 5.74) is 4.32. The molecular formula is C20H16ClN5O2. The van der Waals surface area contributed by atoms with Crippen molar-refractivity contribution in [2.24, 2.45) is 0 Å². The van der Waals surface area contributed by atoms with E-state index < -0.39 is 5.56 Å². The van der Waals surface area contributed by atoms with Gasteiger partial charge in [-0.25, -0.2) is 14.3 Å². The molecule has 28 heavy (non-hydrogen) atoms. The van der Waals surface area contributed by atoms with Gasteiger partial charge < -0.3 is 0 Å². The number of nitrogens with zero attached hydrogens (tertiary/aromatic N) is 4. The smallest absolute Gasteiger partial charge is 0.273 e. The Labute approximate surface area is 165 Å². The van der Waals surface area contributed by atoms with Gasteiger partial charge in [0.2, 0.25) is 5.91 Å². The van der Waals surface area contributed by atoms with Crippen LogP contribution in [0.3, 0.4) is 0 Å². The first-order valence-electron chi connectivity index (χ1n) is 8.67. The monoisotopic (exact) mass is 393 g/mol. The highest BCUT2D eigenvalue weighted by molar-refractivity contribution is 6.30. The van der Waals surface area contributed by atoms with Crippen molar-refractivity contribution in [3.05, 3.63) is 88.1 Å². The Morgan fingerprint density at radius 1 is 1.11 bits per heavy atom. The molecule has 0 atom stereocenters. The van der Waals surface area contributed by atoms with Gasteiger partial charge >= 0.3 is 0 Å². The Hall–Kier alpha value is -3.45. The van der Waals surface area contributed by atoms with Crippen LogP contribution in [0.15, 0.2) is 71.9 Å². The molecule has 0 spiro atoms. The Kier molecular flexibility index (Phi) is 4.90. The average molecular weight is 394 g/mol. The van der Waals surface area contributed by atoms with Crippen molar-refractivity contribution >= 4 is 28.5 Å². The largest absolute Gasteiger partial charge is 0.283 e. The van der Waals surface area contributed by atoms with Crippen LogP contribution in [0, 0.1) is 0 Å². The van der Waals surface area contributed by atoms with Crippen molar-refractivity contribution in [3.63, 3.8) is 0 Å². The van der Waals surface area contributed by atoms with E-state index in [0.717, 1.165) is 10.2 Å². The second-order valence-corrected chi connectivity index (χ2v) is 6.65. The minimum atomic E-state index is -0.397. The number of rotatable bonds is 5. The summed E-state index contributed by atoms with van der Waals surface area (Å²) in [5, 5.41) is 5.09. The highest BCUT2D eigenvalue weighted by Crippen LogP contribution is 2.17. The van der Waals surface area contributed by atoms with Crippen LogP contribution in [-0.2, 0) is 11.2 Å². The lowest BCUT2D eigenvalue weighted by Crippen LogP contribution is -2.33. The van der Waals surface area contributed by atoms with Crippen molar-refractivity contribution in [1.82, 2.24) is 19.4 Å². The average Bonchev–Trinajstić information content (AvgIpc) is 3.14. The maximum Gasteiger partial charge on any atom is 0.283 e. The van der Waals surface area contributed by atoms with Gasteiger partial charge in [0.1, 0.15) is 11.7 Å². The first-order chi connectivity index (χ1) is 13.6. The lowest BCUT2D eigenvalue weighted by molar-refractivity contribution is -0.117. The zero-order valence-corrected chi connectivity index (χ0v) is 15.5. The molecule has 2 heterocycles. The number of amides is 1. The molecule has 1 amide bonds. The third-order valence-corrected chi connectivity index (χ3v) is 4.51. The van der Waals surface area contributed by atoms with E-state index in [1.165, 1.54) is 17.2 Å². The fourth-order valence-corrected chi connectivity index (χ4v) is 3.07. The van der Waals surface area contributed by atoms with Gasteiger partial charge in [-0.3, -0.25) is 15.0 Å². The standard InChI is InChI=1S/C20H16ClN5O2/c21-15-7-4-8-16(11-15)26-19-17(12-23-26)20(28)25(13-22-19)24-18(27)10-9-14-5-2-1-3-6-14/h1-8,11-13H,9-10H2,(H,24,27). The SMILES string of the molecule is O=C(CCc1ccccc1)Nn1cnc2c(cnn2-c2cccc(Cl)c2)c1=O. The summed E-state index contributed by atoms with van der Waals surface area (Å²) in [4.78, 5) is 29.2. The van der Waals surface area contributed by atoms with Crippen molar-refractivity contribution in [1.29, 1.82) is 0 Å². The summed E-state index contributed by atoms with van der Waals surface area (Å²) in [7, 11) is 0. The topological polar surface area (TPSA) is 81.8 Å². The fourth-order valence-electron chi connectivity index (χ4n) is 2.88. The summed E-state index contributed by atoms with van der Waals surface area (Å²) in [5.74, 6) is -0.269. The number of aromatic nitrogens is 4. The Morgan fingerprint density at radius 2 is 1.93 bits per heavy atom. The third-order valence-electron chi connectivity index (χ3n) is 4.27. The third kappa shape index (κ3) is 3.65. The predicted octanol–water partition coefficient (Wildman–Crippen LogP) is 2.94. The molecule has 1 N–H and O–H groups in total. The number of hydrogen-bond donors (Lipinski definition) is 1. The van der Waals surface area contributed by atoms with Gasteiger partial charge in [-0.2, -0.15) is 5.10 Å². The molecule has 140 valence electrons. The number of aryl methyl sites for hydroxylation is 1. The molecule has 7 nitrogen and oxygen atoms in total. The number of carbonyl (C=O) groups excluding carboxylic acids is 1. The maximum absolute atomic E-state index is 12.7. The molecule has 2 aromatic heterocycles. The van der Waals surface area contributed by atoms with Crippen molar-refractivity contribution in [2.75, 3.05) is 5.43 Å². The molecule has 0 aliphatic carbocycles. The van der Waals surface area contributed by atoms with Crippen LogP contribution in [0.5, 0.6) is 0 Å². The molecular weight excluding hydrogens is 378 g/mol. The van der Waals surface area contributed by atoms with Crippen LogP contribution in [0.2, 0.25) is 5.02 Å². The Bertz CT molecular complexity index is 1200. The van der Waals surface area contributed by atoms with Crippen LogP contribution in [0.1, 0.15) is 12.0 Å². The molecule has 0 saturated heterocycles. The Morgan fingerprint density at radius 3 is 2.71 bits per heavy atom. The lowest BCUT2D eigenvalue weighted by Gasteiger charge is -2.08. The van der Waals surface area contributed by atoms with E-state index in [9.17, 15) is 9.59 Å². The molecule has 8 heteroatoms. The van der Waals surface area contributed by atoms with Crippen LogP contribution >= 0.6 is 11.6 Å². The fraction of sp³-hybridized carbons (Fsp3) is 0.100. The maximum atomic E-state index is 12.7. The van der Waals surface area contributed by atoms with E-state index in [-0.39, 0.29) is 12.3 Å². The number of hydrogen-bond acceptors (Lipinski definition) is 4. The van der Waals surface area contributed by atoms with Crippen molar-refractivity contribution in [3.8, 4) is 5.69 Å². The van der Waals surface area contributed by atoms with E-state index in [1.807, 2.05) is 36.4 Å². The lowest BCUT2D eigenvalue weighted by atomic mass is 10.1. The number of benzene rings is 2. The summed E-state index contributed by atoms with van der Waals surface area (Å²) in [6.07, 6.45) is 3.56. The summed E-state index contributed by atoms with van der Waals surface area (Å²) >= 11 is 6.03. The van der Waals surface area contributed by atoms with Gasteiger partial charge in [0.05, 0.1) is 11.9 Å². The summed E-state index contributed by atoms with van der Waals surface area (Å²) < 4.78 is 2.61. The zero-order chi connectivity index (χ0) is 19.5. The molecule has 0 saturated carbocycles. The molecule has 0 unspecified atom stereocenters. The minimum absolute atomic E-state index is 0.260. The zero-order valence-electron chi connectivity index (χ0n) is 14.7. The number of nitrogens with one attached hydrogen (secondary N) is 1. The second-order valence-electron chi connectivity index (χ2n) is 6.21. The molecule has 0 bridgehead atoms. The van der Waals surface area contributed by atoms with E-state index in [0.29, 0.717) is 28.2 Å². The normalized spacial score (nSPS) is 10.9. The van der Waals surface area contributed by atoms with E-state index in [2.05, 4.69) is 15.5 Å². The Balaban J connectivity index is 1.55. The molecule has 0 aliphatic heterocycles. The highest BCUT2D eigenvalue weighted by Gasteiger charge is 2.13. The van der Waals surface area contributed by atoms with Gasteiger partial charge in [0, 0.05) is 11.4 Å². The van der Waals surface area contributed by atoms with E-state index >= 15 is 0 Å². The van der Waals surface area contributed by atoms with Crippen LogP contribution in [0.25, 0.3) is 16.7 Å². The quantitative estimate of drug-likeness (QED) is 0.565. The van der Waals surface area contributed by atoms with Gasteiger partial charge in [0.25, 0.3) is 5.56 Å². The minimum Gasteiger partial charge on any atom is -0.273 e. The number of halogens is 1. The van der Waals surface area contributed by atoms with Crippen LogP contribution in [-0.4, -0.2) is 25.3 Å². The summed E-state index contributed by atoms with van der Waals surface area (Å²) in [6, 6.07) is 16.8. The first kappa shape index (κ1) is 17.9. The molecule has 0 aliphatic rings. The molecule has 0 radical (unpaired) electrons. The van der Waals surface area contributed by atoms with Crippen LogP contribution < -0.4 is 11.0 Å². The van der Waals surface area contributed by atoms with Gasteiger partial charge in [0.15, 0.2) is 5.65 Å². The van der Waals surface area contributed by atoms with Crippen LogP contribution in [0.4, 0.5) is 0 Å². The van der Waals surface area contributed by atoms with Gasteiger partial charge in [-0.15, -0.1) is 0 Å². The number of fused-ring (bicyclic) bond motifs is 1. The highest BCUT2D eigenvalue weighted by atomic mass is 35.5. The number of carbonyl (C=O) groups is 1.